The molecule has 124 valence electrons. The van der Waals surface area contributed by atoms with Gasteiger partial charge in [-0.3, -0.25) is 4.79 Å². The predicted molar refractivity (Wildman–Crippen MR) is 96.5 cm³/mol. The number of halogens is 1. The molecule has 5 nitrogen and oxygen atoms in total. The Balaban J connectivity index is 1.83. The maximum atomic E-state index is 13.1. The van der Waals surface area contributed by atoms with Crippen LogP contribution in [0.15, 0.2) is 65.8 Å². The molecule has 2 N–H and O–H groups in total. The van der Waals surface area contributed by atoms with Crippen LogP contribution in [0.4, 0.5) is 15.9 Å². The summed E-state index contributed by atoms with van der Waals surface area (Å²) < 4.78 is 14.6. The Kier molecular flexibility index (Phi) is 3.57. The smallest absolute Gasteiger partial charge is 0.274 e. The number of aromatic amines is 1. The molecule has 0 atom stereocenters. The second-order valence-corrected chi connectivity index (χ2v) is 5.75. The molecule has 0 aliphatic heterocycles. The van der Waals surface area contributed by atoms with Gasteiger partial charge in [-0.05, 0) is 42.5 Å². The number of aryl methyl sites for hydroxylation is 1. The highest BCUT2D eigenvalue weighted by molar-refractivity contribution is 5.98. The van der Waals surface area contributed by atoms with Gasteiger partial charge in [0.15, 0.2) is 0 Å². The van der Waals surface area contributed by atoms with Gasteiger partial charge in [-0.15, -0.1) is 0 Å². The normalized spacial score (nSPS) is 11.0. The van der Waals surface area contributed by atoms with Crippen molar-refractivity contribution < 1.29 is 4.39 Å². The maximum absolute atomic E-state index is 13.1. The van der Waals surface area contributed by atoms with Crippen molar-refractivity contribution in [2.45, 2.75) is 0 Å². The second-order valence-electron chi connectivity index (χ2n) is 5.75. The van der Waals surface area contributed by atoms with Gasteiger partial charge in [-0.25, -0.2) is 9.37 Å². The van der Waals surface area contributed by atoms with E-state index in [2.05, 4.69) is 15.3 Å². The standard InChI is InChI=1S/C19H15FN4O/c1-24-10-8-14-16(11-22-17(14)19(24)25)15-3-2-9-21-18(15)23-13-6-4-12(20)5-7-13/h2-11,22H,1H3,(H,21,23). The molecule has 6 heteroatoms. The van der Waals surface area contributed by atoms with E-state index in [1.807, 2.05) is 18.2 Å². The van der Waals surface area contributed by atoms with Crippen molar-refractivity contribution in [1.29, 1.82) is 0 Å². The summed E-state index contributed by atoms with van der Waals surface area (Å²) in [5.41, 5.74) is 2.94. The molecule has 0 spiro atoms. The molecule has 0 saturated heterocycles. The minimum atomic E-state index is -0.292. The Hall–Kier alpha value is -3.41. The van der Waals surface area contributed by atoms with E-state index in [-0.39, 0.29) is 11.4 Å². The molecule has 0 bridgehead atoms. The van der Waals surface area contributed by atoms with Gasteiger partial charge in [-0.1, -0.05) is 0 Å². The van der Waals surface area contributed by atoms with Gasteiger partial charge in [-0.2, -0.15) is 0 Å². The summed E-state index contributed by atoms with van der Waals surface area (Å²) in [4.78, 5) is 19.7. The van der Waals surface area contributed by atoms with Gasteiger partial charge >= 0.3 is 0 Å². The van der Waals surface area contributed by atoms with Crippen LogP contribution in [-0.4, -0.2) is 14.5 Å². The van der Waals surface area contributed by atoms with Crippen LogP contribution < -0.4 is 10.9 Å². The molecule has 3 aromatic heterocycles. The van der Waals surface area contributed by atoms with Crippen LogP contribution in [0.3, 0.4) is 0 Å². The number of benzene rings is 1. The van der Waals surface area contributed by atoms with Gasteiger partial charge in [0, 0.05) is 47.8 Å². The van der Waals surface area contributed by atoms with Crippen LogP contribution >= 0.6 is 0 Å². The summed E-state index contributed by atoms with van der Waals surface area (Å²) in [7, 11) is 1.72. The van der Waals surface area contributed by atoms with Crippen molar-refractivity contribution in [1.82, 2.24) is 14.5 Å². The minimum absolute atomic E-state index is 0.0827. The molecule has 0 saturated carbocycles. The third-order valence-electron chi connectivity index (χ3n) is 4.12. The number of hydrogen-bond donors (Lipinski definition) is 2. The first-order valence-corrected chi connectivity index (χ1v) is 7.78. The molecule has 0 amide bonds. The summed E-state index contributed by atoms with van der Waals surface area (Å²) in [6, 6.07) is 11.7. The largest absolute Gasteiger partial charge is 0.356 e. The number of nitrogens with zero attached hydrogens (tertiary/aromatic N) is 2. The van der Waals surface area contributed by atoms with Crippen molar-refractivity contribution in [3.05, 3.63) is 77.2 Å². The van der Waals surface area contributed by atoms with Gasteiger partial charge in [0.05, 0.1) is 0 Å². The van der Waals surface area contributed by atoms with E-state index in [1.54, 1.807) is 37.8 Å². The Morgan fingerprint density at radius 3 is 2.72 bits per heavy atom. The Bertz CT molecular complexity index is 1110. The molecule has 0 unspecified atom stereocenters. The molecule has 0 aliphatic carbocycles. The highest BCUT2D eigenvalue weighted by Gasteiger charge is 2.13. The SMILES string of the molecule is Cn1ccc2c(-c3cccnc3Nc3ccc(F)cc3)c[nH]c2c1=O. The average Bonchev–Trinajstić information content (AvgIpc) is 3.05. The van der Waals surface area contributed by atoms with E-state index < -0.39 is 0 Å². The molecule has 0 radical (unpaired) electrons. The molecule has 3 heterocycles. The summed E-state index contributed by atoms with van der Waals surface area (Å²) in [6.07, 6.45) is 5.23. The molecule has 0 fully saturated rings. The second kappa shape index (κ2) is 5.90. The van der Waals surface area contributed by atoms with Crippen molar-refractivity contribution in [2.75, 3.05) is 5.32 Å². The first-order valence-electron chi connectivity index (χ1n) is 7.78. The monoisotopic (exact) mass is 334 g/mol. The number of aromatic nitrogens is 3. The van der Waals surface area contributed by atoms with E-state index >= 15 is 0 Å². The fourth-order valence-corrected chi connectivity index (χ4v) is 2.83. The lowest BCUT2D eigenvalue weighted by Gasteiger charge is -2.10. The average molecular weight is 334 g/mol. The topological polar surface area (TPSA) is 62.7 Å². The van der Waals surface area contributed by atoms with E-state index in [9.17, 15) is 9.18 Å². The summed E-state index contributed by atoms with van der Waals surface area (Å²) >= 11 is 0. The third-order valence-corrected chi connectivity index (χ3v) is 4.12. The lowest BCUT2D eigenvalue weighted by atomic mass is 10.1. The van der Waals surface area contributed by atoms with E-state index in [0.29, 0.717) is 11.3 Å². The zero-order valence-corrected chi connectivity index (χ0v) is 13.5. The van der Waals surface area contributed by atoms with Crippen molar-refractivity contribution in [2.24, 2.45) is 7.05 Å². The molecule has 4 aromatic rings. The first-order chi connectivity index (χ1) is 12.1. The highest BCUT2D eigenvalue weighted by atomic mass is 19.1. The van der Waals surface area contributed by atoms with E-state index in [0.717, 1.165) is 22.2 Å². The minimum Gasteiger partial charge on any atom is -0.356 e. The van der Waals surface area contributed by atoms with Crippen molar-refractivity contribution in [3.63, 3.8) is 0 Å². The number of nitrogens with one attached hydrogen (secondary N) is 2. The summed E-state index contributed by atoms with van der Waals surface area (Å²) in [5, 5.41) is 4.04. The molecular formula is C19H15FN4O. The number of rotatable bonds is 3. The fraction of sp³-hybridized carbons (Fsp3) is 0.0526. The van der Waals surface area contributed by atoms with Crippen LogP contribution in [0, 0.1) is 5.82 Å². The molecule has 0 aliphatic rings. The Morgan fingerprint density at radius 1 is 1.12 bits per heavy atom. The zero-order valence-electron chi connectivity index (χ0n) is 13.5. The number of anilines is 2. The third kappa shape index (κ3) is 2.67. The number of fused-ring (bicyclic) bond motifs is 1. The quantitative estimate of drug-likeness (QED) is 0.599. The van der Waals surface area contributed by atoms with Crippen LogP contribution in [-0.2, 0) is 7.05 Å². The van der Waals surface area contributed by atoms with E-state index in [4.69, 9.17) is 0 Å². The van der Waals surface area contributed by atoms with Gasteiger partial charge in [0.25, 0.3) is 5.56 Å². The zero-order chi connectivity index (χ0) is 17.4. The highest BCUT2D eigenvalue weighted by Crippen LogP contribution is 2.32. The number of pyridine rings is 2. The lowest BCUT2D eigenvalue weighted by Crippen LogP contribution is -2.15. The van der Waals surface area contributed by atoms with Gasteiger partial charge in [0.2, 0.25) is 0 Å². The predicted octanol–water partition coefficient (Wildman–Crippen LogP) is 3.81. The van der Waals surface area contributed by atoms with E-state index in [1.165, 1.54) is 16.7 Å². The fourth-order valence-electron chi connectivity index (χ4n) is 2.83. The molecular weight excluding hydrogens is 319 g/mol. The summed E-state index contributed by atoms with van der Waals surface area (Å²) in [5.74, 6) is 0.343. The number of hydrogen-bond acceptors (Lipinski definition) is 3. The van der Waals surface area contributed by atoms with Gasteiger partial charge in [0.1, 0.15) is 17.2 Å². The van der Waals surface area contributed by atoms with Crippen LogP contribution in [0.1, 0.15) is 0 Å². The first kappa shape index (κ1) is 15.1. The number of H-pyrrole nitrogens is 1. The molecule has 1 aromatic carbocycles. The molecule has 25 heavy (non-hydrogen) atoms. The maximum Gasteiger partial charge on any atom is 0.274 e. The van der Waals surface area contributed by atoms with Gasteiger partial charge < -0.3 is 14.9 Å². The summed E-state index contributed by atoms with van der Waals surface area (Å²) in [6.45, 7) is 0. The van der Waals surface area contributed by atoms with Crippen LogP contribution in [0.2, 0.25) is 0 Å². The van der Waals surface area contributed by atoms with Crippen molar-refractivity contribution in [3.8, 4) is 11.1 Å². The Morgan fingerprint density at radius 2 is 1.92 bits per heavy atom. The molecule has 4 rings (SSSR count). The van der Waals surface area contributed by atoms with Crippen LogP contribution in [0.5, 0.6) is 0 Å². The Labute approximate surface area is 142 Å². The van der Waals surface area contributed by atoms with Crippen LogP contribution in [0.25, 0.3) is 22.0 Å². The lowest BCUT2D eigenvalue weighted by molar-refractivity contribution is 0.628. The van der Waals surface area contributed by atoms with Crippen molar-refractivity contribution >= 4 is 22.4 Å².